The molecule has 0 fully saturated rings. The van der Waals surface area contributed by atoms with Gasteiger partial charge in [0.25, 0.3) is 0 Å². The third kappa shape index (κ3) is 9.54. The molecule has 5 atom stereocenters. The topological polar surface area (TPSA) is 171 Å². The highest BCUT2D eigenvalue weighted by molar-refractivity contribution is 8.15. The molecule has 6 aromatic carbocycles. The van der Waals surface area contributed by atoms with Gasteiger partial charge in [-0.1, -0.05) is 54.6 Å². The number of nitrogens with zero attached hydrogens (tertiary/aromatic N) is 8. The van der Waals surface area contributed by atoms with E-state index >= 15 is 0 Å². The summed E-state index contributed by atoms with van der Waals surface area (Å²) in [5.41, 5.74) is 13.2. The van der Waals surface area contributed by atoms with Crippen molar-refractivity contribution in [2.24, 2.45) is 30.0 Å². The smallest absolute Gasteiger partial charge is 0.218 e. The first-order chi connectivity index (χ1) is 41.1. The molecule has 0 saturated carbocycles. The molecule has 0 bridgehead atoms. The van der Waals surface area contributed by atoms with E-state index in [1.807, 2.05) is 41.7 Å². The zero-order valence-electron chi connectivity index (χ0n) is 47.0. The largest absolute Gasteiger partial charge is 0.477 e. The Hall–Kier alpha value is -8.74. The number of hydrogen-bond acceptors (Lipinski definition) is 18. The van der Waals surface area contributed by atoms with Crippen LogP contribution in [0, 0.1) is 0 Å². The molecule has 9 aliphatic rings. The van der Waals surface area contributed by atoms with Crippen molar-refractivity contribution >= 4 is 125 Å². The van der Waals surface area contributed by atoms with Crippen molar-refractivity contribution in [3.05, 3.63) is 181 Å². The van der Waals surface area contributed by atoms with Crippen LogP contribution in [0.5, 0.6) is 0 Å². The lowest BCUT2D eigenvalue weighted by molar-refractivity contribution is 0.320. The number of aliphatic imine (C=N–C) groups is 6. The van der Waals surface area contributed by atoms with Crippen molar-refractivity contribution in [2.45, 2.75) is 49.7 Å². The van der Waals surface area contributed by atoms with Gasteiger partial charge in [0, 0.05) is 116 Å². The Morgan fingerprint density at radius 3 is 1.88 bits per heavy atom. The Morgan fingerprint density at radius 2 is 1.19 bits per heavy atom. The molecule has 6 aromatic rings. The highest BCUT2D eigenvalue weighted by Gasteiger charge is 2.43. The molecule has 0 spiro atoms. The van der Waals surface area contributed by atoms with E-state index in [1.54, 1.807) is 0 Å². The highest BCUT2D eigenvalue weighted by atomic mass is 32.2. The first kappa shape index (κ1) is 52.1. The van der Waals surface area contributed by atoms with Crippen LogP contribution >= 0.6 is 23.5 Å². The molecular weight excluding hydrogens is 1080 g/mol. The number of thioether (sulfide) groups is 2. The van der Waals surface area contributed by atoms with Gasteiger partial charge in [-0.25, -0.2) is 9.98 Å². The lowest BCUT2D eigenvalue weighted by Crippen LogP contribution is -2.50. The summed E-state index contributed by atoms with van der Waals surface area (Å²) < 4.78 is 13.2. The molecular formula is C66H64N14O2S2. The molecule has 0 aliphatic carbocycles. The van der Waals surface area contributed by atoms with Crippen LogP contribution in [0.1, 0.15) is 37.5 Å². The zero-order valence-corrected chi connectivity index (χ0v) is 48.7. The molecule has 0 radical (unpaired) electrons. The Balaban J connectivity index is 0.791. The lowest BCUT2D eigenvalue weighted by atomic mass is 9.87. The Labute approximate surface area is 497 Å². The lowest BCUT2D eigenvalue weighted by Gasteiger charge is -2.37. The van der Waals surface area contributed by atoms with Gasteiger partial charge in [0.05, 0.1) is 29.7 Å². The average molecular weight is 1150 g/mol. The number of rotatable bonds is 14. The minimum absolute atomic E-state index is 0.261. The maximum Gasteiger partial charge on any atom is 0.218 e. The zero-order chi connectivity index (χ0) is 56.4. The van der Waals surface area contributed by atoms with Crippen molar-refractivity contribution < 1.29 is 9.47 Å². The Kier molecular flexibility index (Phi) is 13.1. The molecule has 0 saturated heterocycles. The number of amidine groups is 2. The van der Waals surface area contributed by atoms with E-state index in [-0.39, 0.29) is 6.17 Å². The van der Waals surface area contributed by atoms with Crippen LogP contribution in [0.2, 0.25) is 0 Å². The number of anilines is 9. The molecule has 15 rings (SSSR count). The molecule has 6 N–H and O–H groups in total. The van der Waals surface area contributed by atoms with Crippen LogP contribution in [-0.4, -0.2) is 126 Å². The van der Waals surface area contributed by atoms with Crippen LogP contribution in [0.3, 0.4) is 0 Å². The van der Waals surface area contributed by atoms with Gasteiger partial charge in [0.2, 0.25) is 11.8 Å². The van der Waals surface area contributed by atoms with Crippen LogP contribution in [0.25, 0.3) is 16.7 Å². The molecule has 16 nitrogen and oxygen atoms in total. The summed E-state index contributed by atoms with van der Waals surface area (Å²) in [6, 6.07) is 51.1. The Morgan fingerprint density at radius 1 is 0.548 bits per heavy atom. The van der Waals surface area contributed by atoms with E-state index in [0.29, 0.717) is 38.1 Å². The summed E-state index contributed by atoms with van der Waals surface area (Å²) in [6.45, 7) is 11.6. The number of para-hydroxylation sites is 3. The molecule has 422 valence electrons. The summed E-state index contributed by atoms with van der Waals surface area (Å²) in [4.78, 5) is 35.4. The predicted molar refractivity (Wildman–Crippen MR) is 351 cm³/mol. The van der Waals surface area contributed by atoms with Gasteiger partial charge in [-0.2, -0.15) is 0 Å². The quantitative estimate of drug-likeness (QED) is 0.0611. The fourth-order valence-corrected chi connectivity index (χ4v) is 14.6. The summed E-state index contributed by atoms with van der Waals surface area (Å²) in [6.07, 6.45) is 6.13. The third-order valence-electron chi connectivity index (χ3n) is 16.6. The SMILES string of the molecule is CC1(C2=NCCN2)C=C(C2=NCC(N(c3ccccc3)c3ccc4c(c3)C(C3=NC(N(c5ccccc5)c5ccc6c(c5)C(C5=NCCS5)=CC(C)(C5=NCCS5)N6)CO3)=CC(C)(C3=NCCO3)N4)N2)c2cc(Nc3ccccc3)ccc2N1. The van der Waals surface area contributed by atoms with E-state index in [4.69, 9.17) is 39.4 Å². The fourth-order valence-electron chi connectivity index (χ4n) is 12.7. The Bertz CT molecular complexity index is 3920. The second kappa shape index (κ2) is 21.2. The number of ether oxygens (including phenoxy) is 2. The van der Waals surface area contributed by atoms with Crippen molar-refractivity contribution in [1.82, 2.24) is 10.6 Å². The predicted octanol–water partition coefficient (Wildman–Crippen LogP) is 11.6. The van der Waals surface area contributed by atoms with Gasteiger partial charge in [-0.15, -0.1) is 23.5 Å². The fraction of sp³-hybridized carbons (Fsp3) is 0.273. The van der Waals surface area contributed by atoms with E-state index in [1.165, 1.54) is 0 Å². The minimum Gasteiger partial charge on any atom is -0.477 e. The van der Waals surface area contributed by atoms with Crippen LogP contribution in [0.15, 0.2) is 194 Å². The van der Waals surface area contributed by atoms with E-state index in [0.717, 1.165) is 144 Å². The van der Waals surface area contributed by atoms with Crippen molar-refractivity contribution in [2.75, 3.05) is 95.1 Å². The van der Waals surface area contributed by atoms with Gasteiger partial charge in [0.1, 0.15) is 47.7 Å². The molecule has 0 amide bonds. The maximum absolute atomic E-state index is 6.93. The third-order valence-corrected chi connectivity index (χ3v) is 18.8. The second-order valence-corrected chi connectivity index (χ2v) is 24.8. The van der Waals surface area contributed by atoms with E-state index in [9.17, 15) is 0 Å². The molecule has 18 heteroatoms. The highest BCUT2D eigenvalue weighted by Crippen LogP contribution is 2.47. The molecule has 9 aliphatic heterocycles. The molecule has 0 aromatic heterocycles. The first-order valence-electron chi connectivity index (χ1n) is 28.9. The van der Waals surface area contributed by atoms with E-state index in [2.05, 4.69) is 208 Å². The average Bonchev–Trinajstić information content (AvgIpc) is 4.45. The number of hydrogen-bond donors (Lipinski definition) is 6. The van der Waals surface area contributed by atoms with Crippen molar-refractivity contribution in [3.63, 3.8) is 0 Å². The second-order valence-electron chi connectivity index (χ2n) is 22.6. The van der Waals surface area contributed by atoms with Gasteiger partial charge in [-0.05, 0) is 130 Å². The molecule has 5 unspecified atom stereocenters. The monoisotopic (exact) mass is 1150 g/mol. The van der Waals surface area contributed by atoms with Gasteiger partial charge in [0.15, 0.2) is 6.17 Å². The van der Waals surface area contributed by atoms with Crippen LogP contribution < -0.4 is 41.7 Å². The van der Waals surface area contributed by atoms with Gasteiger partial charge >= 0.3 is 0 Å². The standard InChI is InChI=1S/C66H64N14O2S2/c1-64(61-68-25-26-69-61)36-50(47-33-42(19-22-53(47)76-64)73-41-13-7-4-8-14-41)58-72-39-56(74-58)79(43-15-9-5-10-16-43)45-20-23-54-48(34-45)51(37-65(2,77-54)62-70-27-30-81-62)59-75-57(40-82-59)80(44-17-11-6-12-18-44)46-21-24-55-49(35-46)52(60-67-28-31-83-60)38-66(3,78-55)63-71-29-32-84-63/h4-24,33-38,56-57,73,76-78H,25-32,39-40H2,1-3H3,(H,68,69)(H,72,74). The first-order valence-corrected chi connectivity index (χ1v) is 30.9. The number of fused-ring (bicyclic) bond motifs is 3. The van der Waals surface area contributed by atoms with Crippen molar-refractivity contribution in [1.29, 1.82) is 0 Å². The van der Waals surface area contributed by atoms with Crippen LogP contribution in [0.4, 0.5) is 51.2 Å². The maximum atomic E-state index is 6.93. The van der Waals surface area contributed by atoms with E-state index < -0.39 is 22.8 Å². The minimum atomic E-state index is -0.784. The number of benzene rings is 6. The summed E-state index contributed by atoms with van der Waals surface area (Å²) >= 11 is 3.66. The summed E-state index contributed by atoms with van der Waals surface area (Å²) in [7, 11) is 0. The normalized spacial score (nSPS) is 25.2. The molecule has 84 heavy (non-hydrogen) atoms. The van der Waals surface area contributed by atoms with Crippen molar-refractivity contribution in [3.8, 4) is 0 Å². The summed E-state index contributed by atoms with van der Waals surface area (Å²) in [5.74, 6) is 4.87. The number of nitrogens with one attached hydrogen (secondary N) is 6. The van der Waals surface area contributed by atoms with Gasteiger partial charge < -0.3 is 51.2 Å². The summed E-state index contributed by atoms with van der Waals surface area (Å²) in [5, 5.41) is 24.9. The molecule has 9 heterocycles. The van der Waals surface area contributed by atoms with Gasteiger partial charge in [-0.3, -0.25) is 20.0 Å². The van der Waals surface area contributed by atoms with Crippen LogP contribution in [-0.2, 0) is 9.47 Å².